The van der Waals surface area contributed by atoms with Crippen molar-refractivity contribution in [1.82, 2.24) is 15.3 Å². The van der Waals surface area contributed by atoms with E-state index in [4.69, 9.17) is 11.6 Å². The maximum Gasteiger partial charge on any atom is 0.328 e. The van der Waals surface area contributed by atoms with E-state index in [-0.39, 0.29) is 18.2 Å². The smallest absolute Gasteiger partial charge is 0.328 e. The monoisotopic (exact) mass is 373 g/mol. The Labute approximate surface area is 156 Å². The molecule has 1 aliphatic carbocycles. The van der Waals surface area contributed by atoms with Crippen LogP contribution >= 0.6 is 11.6 Å². The first-order valence-corrected chi connectivity index (χ1v) is 9.12. The number of aliphatic hydroxyl groups excluding tert-OH is 1. The molecule has 0 saturated heterocycles. The molecule has 2 aliphatic rings. The molecule has 26 heavy (non-hydrogen) atoms. The highest BCUT2D eigenvalue weighted by Gasteiger charge is 2.29. The maximum absolute atomic E-state index is 12.5. The van der Waals surface area contributed by atoms with Gasteiger partial charge in [0.05, 0.1) is 16.8 Å². The fraction of sp³-hybridized carbons (Fsp3) is 0.389. The van der Waals surface area contributed by atoms with E-state index in [1.54, 1.807) is 18.3 Å². The van der Waals surface area contributed by atoms with Gasteiger partial charge in [0.1, 0.15) is 0 Å². The fourth-order valence-electron chi connectivity index (χ4n) is 3.39. The molecule has 0 unspecified atom stereocenters. The highest BCUT2D eigenvalue weighted by atomic mass is 35.5. The number of hydrogen-bond acceptors (Lipinski definition) is 5. The van der Waals surface area contributed by atoms with Gasteiger partial charge in [-0.15, -0.1) is 0 Å². The second kappa shape index (κ2) is 7.09. The molecule has 4 rings (SSSR count). The second-order valence-corrected chi connectivity index (χ2v) is 7.04. The molecule has 0 bridgehead atoms. The minimum atomic E-state index is -0.268. The zero-order valence-electron chi connectivity index (χ0n) is 14.2. The number of carbonyl (C=O) groups is 1. The highest BCUT2D eigenvalue weighted by Crippen LogP contribution is 2.35. The third-order valence-electron chi connectivity index (χ3n) is 4.81. The molecule has 3 N–H and O–H groups in total. The molecule has 0 atom stereocenters. The number of aromatic nitrogens is 2. The summed E-state index contributed by atoms with van der Waals surface area (Å²) in [5, 5.41) is 16.3. The number of nitrogens with zero attached hydrogens (tertiary/aromatic N) is 3. The summed E-state index contributed by atoms with van der Waals surface area (Å²) in [7, 11) is 0. The Morgan fingerprint density at radius 3 is 2.77 bits per heavy atom. The van der Waals surface area contributed by atoms with E-state index in [0.29, 0.717) is 29.0 Å². The van der Waals surface area contributed by atoms with E-state index in [2.05, 4.69) is 20.6 Å². The Bertz CT molecular complexity index is 823. The van der Waals surface area contributed by atoms with E-state index in [1.165, 1.54) is 4.90 Å². The summed E-state index contributed by atoms with van der Waals surface area (Å²) in [5.41, 5.74) is 1.41. The van der Waals surface area contributed by atoms with Crippen LogP contribution in [0.25, 0.3) is 0 Å². The molecule has 1 saturated carbocycles. The molecule has 2 amide bonds. The normalized spacial score (nSPS) is 22.5. The standard InChI is InChI=1S/C18H20ClN5O2/c19-14-3-1-2-4-15(14)24-16-11(10-21-18(24)26)9-20-17(23-16)22-12-5-7-13(25)8-6-12/h1-4,9,12-13,25H,5-8,10H2,(H,21,26)(H,20,22,23). The van der Waals surface area contributed by atoms with Crippen LogP contribution < -0.4 is 15.5 Å². The Morgan fingerprint density at radius 1 is 1.23 bits per heavy atom. The van der Waals surface area contributed by atoms with E-state index in [0.717, 1.165) is 31.2 Å². The second-order valence-electron chi connectivity index (χ2n) is 6.64. The van der Waals surface area contributed by atoms with Crippen molar-refractivity contribution in [3.8, 4) is 0 Å². The highest BCUT2D eigenvalue weighted by molar-refractivity contribution is 6.34. The average molecular weight is 374 g/mol. The molecule has 1 aromatic carbocycles. The van der Waals surface area contributed by atoms with Gasteiger partial charge in [-0.25, -0.2) is 14.7 Å². The molecule has 136 valence electrons. The number of carbonyl (C=O) groups excluding carboxylic acids is 1. The average Bonchev–Trinajstić information content (AvgIpc) is 2.64. The first-order valence-electron chi connectivity index (χ1n) is 8.75. The maximum atomic E-state index is 12.5. The van der Waals surface area contributed by atoms with Crippen molar-refractivity contribution in [2.45, 2.75) is 44.4 Å². The van der Waals surface area contributed by atoms with Gasteiger partial charge in [0.25, 0.3) is 0 Å². The molecule has 8 heteroatoms. The lowest BCUT2D eigenvalue weighted by Crippen LogP contribution is -2.42. The van der Waals surface area contributed by atoms with Gasteiger partial charge in [-0.2, -0.15) is 4.98 Å². The number of fused-ring (bicyclic) bond motifs is 1. The first kappa shape index (κ1) is 17.1. The third kappa shape index (κ3) is 3.32. The Hall–Kier alpha value is -2.38. The molecule has 1 fully saturated rings. The molecule has 7 nitrogen and oxygen atoms in total. The lowest BCUT2D eigenvalue weighted by molar-refractivity contribution is 0.126. The predicted molar refractivity (Wildman–Crippen MR) is 99.7 cm³/mol. The largest absolute Gasteiger partial charge is 0.393 e. The molecular formula is C18H20ClN5O2. The Morgan fingerprint density at radius 2 is 2.00 bits per heavy atom. The van der Waals surface area contributed by atoms with Gasteiger partial charge in [0.15, 0.2) is 5.82 Å². The molecule has 1 aromatic heterocycles. The molecular weight excluding hydrogens is 354 g/mol. The number of anilines is 3. The minimum absolute atomic E-state index is 0.211. The van der Waals surface area contributed by atoms with Crippen molar-refractivity contribution >= 4 is 35.1 Å². The Balaban J connectivity index is 1.64. The summed E-state index contributed by atoms with van der Waals surface area (Å²) in [6.07, 6.45) is 4.81. The van der Waals surface area contributed by atoms with Gasteiger partial charge in [0, 0.05) is 24.3 Å². The molecule has 0 radical (unpaired) electrons. The molecule has 1 aliphatic heterocycles. The van der Waals surface area contributed by atoms with Crippen molar-refractivity contribution < 1.29 is 9.90 Å². The third-order valence-corrected chi connectivity index (χ3v) is 5.13. The molecule has 2 aromatic rings. The van der Waals surface area contributed by atoms with Crippen LogP contribution in [-0.4, -0.2) is 33.3 Å². The topological polar surface area (TPSA) is 90.4 Å². The van der Waals surface area contributed by atoms with Crippen LogP contribution in [-0.2, 0) is 6.54 Å². The van der Waals surface area contributed by atoms with Crippen LogP contribution in [0.15, 0.2) is 30.5 Å². The van der Waals surface area contributed by atoms with E-state index in [1.807, 2.05) is 12.1 Å². The summed E-state index contributed by atoms with van der Waals surface area (Å²) < 4.78 is 0. The number of benzene rings is 1. The number of aliphatic hydroxyl groups is 1. The lowest BCUT2D eigenvalue weighted by Gasteiger charge is -2.30. The lowest BCUT2D eigenvalue weighted by atomic mass is 9.93. The fourth-order valence-corrected chi connectivity index (χ4v) is 3.61. The van der Waals surface area contributed by atoms with Gasteiger partial charge in [0.2, 0.25) is 5.95 Å². The number of nitrogens with one attached hydrogen (secondary N) is 2. The SMILES string of the molecule is O=C1NCc2cnc(NC3CCC(O)CC3)nc2N1c1ccccc1Cl. The number of halogens is 1. The number of urea groups is 1. The zero-order chi connectivity index (χ0) is 18.1. The van der Waals surface area contributed by atoms with Crippen molar-refractivity contribution in [3.05, 3.63) is 41.0 Å². The van der Waals surface area contributed by atoms with Crippen molar-refractivity contribution in [1.29, 1.82) is 0 Å². The van der Waals surface area contributed by atoms with Crippen molar-refractivity contribution in [2.24, 2.45) is 0 Å². The first-order chi connectivity index (χ1) is 12.6. The van der Waals surface area contributed by atoms with Gasteiger partial charge in [-0.3, -0.25) is 0 Å². The van der Waals surface area contributed by atoms with Crippen LogP contribution in [0.2, 0.25) is 5.02 Å². The minimum Gasteiger partial charge on any atom is -0.393 e. The summed E-state index contributed by atoms with van der Waals surface area (Å²) in [6.45, 7) is 0.380. The molecule has 0 spiro atoms. The van der Waals surface area contributed by atoms with Crippen LogP contribution in [0.3, 0.4) is 0 Å². The zero-order valence-corrected chi connectivity index (χ0v) is 14.9. The van der Waals surface area contributed by atoms with Crippen molar-refractivity contribution in [2.75, 3.05) is 10.2 Å². The molecule has 2 heterocycles. The summed E-state index contributed by atoms with van der Waals surface area (Å²) >= 11 is 6.29. The van der Waals surface area contributed by atoms with Gasteiger partial charge in [-0.05, 0) is 37.8 Å². The predicted octanol–water partition coefficient (Wildman–Crippen LogP) is 3.21. The number of hydrogen-bond donors (Lipinski definition) is 3. The number of para-hydroxylation sites is 1. The summed E-state index contributed by atoms with van der Waals surface area (Å²) in [4.78, 5) is 23.0. The van der Waals surface area contributed by atoms with Gasteiger partial charge < -0.3 is 15.7 Å². The van der Waals surface area contributed by atoms with Crippen LogP contribution in [0.4, 0.5) is 22.2 Å². The van der Waals surface area contributed by atoms with Crippen LogP contribution in [0.5, 0.6) is 0 Å². The van der Waals surface area contributed by atoms with Crippen LogP contribution in [0, 0.1) is 0 Å². The summed E-state index contributed by atoms with van der Waals surface area (Å²) in [5.74, 6) is 1.02. The van der Waals surface area contributed by atoms with Crippen LogP contribution in [0.1, 0.15) is 31.2 Å². The quantitative estimate of drug-likeness (QED) is 0.768. The van der Waals surface area contributed by atoms with E-state index < -0.39 is 0 Å². The van der Waals surface area contributed by atoms with E-state index >= 15 is 0 Å². The number of rotatable bonds is 3. The van der Waals surface area contributed by atoms with Gasteiger partial charge >= 0.3 is 6.03 Å². The van der Waals surface area contributed by atoms with Crippen molar-refractivity contribution in [3.63, 3.8) is 0 Å². The van der Waals surface area contributed by atoms with E-state index in [9.17, 15) is 9.90 Å². The number of amides is 2. The van der Waals surface area contributed by atoms with Gasteiger partial charge in [-0.1, -0.05) is 23.7 Å². The Kier molecular flexibility index (Phi) is 4.65. The summed E-state index contributed by atoms with van der Waals surface area (Å²) in [6, 6.07) is 7.13.